The van der Waals surface area contributed by atoms with E-state index in [1.54, 1.807) is 0 Å². The van der Waals surface area contributed by atoms with Crippen LogP contribution in [-0.4, -0.2) is 21.5 Å². The molecular formula is C50H36N2OS2. The van der Waals surface area contributed by atoms with Crippen LogP contribution >= 0.6 is 11.3 Å². The Kier molecular flexibility index (Phi) is 6.68. The molecule has 0 amide bonds. The van der Waals surface area contributed by atoms with Crippen LogP contribution < -0.4 is 9.80 Å². The van der Waals surface area contributed by atoms with Crippen LogP contribution in [0.25, 0.3) is 25.7 Å². The Balaban J connectivity index is 1.11. The summed E-state index contributed by atoms with van der Waals surface area (Å²) in [5.41, 5.74) is 11.5. The van der Waals surface area contributed by atoms with Gasteiger partial charge >= 0.3 is 0 Å². The smallest absolute Gasteiger partial charge is 0.0896 e. The van der Waals surface area contributed by atoms with E-state index in [0.717, 1.165) is 16.3 Å². The van der Waals surface area contributed by atoms with E-state index in [1.807, 2.05) is 17.4 Å². The highest BCUT2D eigenvalue weighted by molar-refractivity contribution is 7.86. The zero-order valence-corrected chi connectivity index (χ0v) is 31.8. The van der Waals surface area contributed by atoms with Crippen LogP contribution in [-0.2, 0) is 16.2 Å². The number of benzene rings is 6. The fourth-order valence-corrected chi connectivity index (χ4v) is 13.4. The van der Waals surface area contributed by atoms with Crippen LogP contribution in [0.4, 0.5) is 22.7 Å². The Morgan fingerprint density at radius 3 is 2.05 bits per heavy atom. The van der Waals surface area contributed by atoms with E-state index in [-0.39, 0.29) is 17.3 Å². The molecule has 0 radical (unpaired) electrons. The highest BCUT2D eigenvalue weighted by Gasteiger charge is 2.57. The largest absolute Gasteiger partial charge is 0.333 e. The van der Waals surface area contributed by atoms with Gasteiger partial charge in [-0.05, 0) is 87.8 Å². The lowest BCUT2D eigenvalue weighted by Crippen LogP contribution is -2.48. The average Bonchev–Trinajstić information content (AvgIpc) is 3.75. The van der Waals surface area contributed by atoms with Crippen LogP contribution in [0.3, 0.4) is 0 Å². The normalized spacial score (nSPS) is 23.8. The third-order valence-electron chi connectivity index (χ3n) is 12.7. The third kappa shape index (κ3) is 4.12. The molecule has 0 saturated heterocycles. The van der Waals surface area contributed by atoms with Gasteiger partial charge in [0.1, 0.15) is 0 Å². The second-order valence-electron chi connectivity index (χ2n) is 15.3. The first-order chi connectivity index (χ1) is 27.1. The number of nitrogens with zero attached hydrogens (tertiary/aromatic N) is 2. The fraction of sp³-hybridized carbons (Fsp3) is 0.120. The van der Waals surface area contributed by atoms with Gasteiger partial charge in [0.15, 0.2) is 0 Å². The van der Waals surface area contributed by atoms with Gasteiger partial charge in [0.05, 0.1) is 44.1 Å². The second-order valence-corrected chi connectivity index (χ2v) is 18.0. The summed E-state index contributed by atoms with van der Waals surface area (Å²) in [4.78, 5) is 5.93. The van der Waals surface area contributed by atoms with Crippen molar-refractivity contribution in [1.29, 1.82) is 0 Å². The SMILES string of the molecule is CC1C=CC=CC1N1c2ccccc2C2(C3=C(c4ccccc42)C2C(C=C3)N(c3ccc4sc5ccccc5c4c3)c3ccccc3S2=O)c2ccccc21. The van der Waals surface area contributed by atoms with Gasteiger partial charge in [-0.3, -0.25) is 4.21 Å². The van der Waals surface area contributed by atoms with Crippen molar-refractivity contribution < 1.29 is 4.21 Å². The number of anilines is 4. The third-order valence-corrected chi connectivity index (χ3v) is 15.6. The van der Waals surface area contributed by atoms with Crippen molar-refractivity contribution in [3.8, 4) is 0 Å². The van der Waals surface area contributed by atoms with Crippen molar-refractivity contribution >= 4 is 70.6 Å². The maximum absolute atomic E-state index is 15.4. The molecule has 0 N–H and O–H groups in total. The van der Waals surface area contributed by atoms with E-state index in [1.165, 1.54) is 64.9 Å². The number of hydrogen-bond donors (Lipinski definition) is 0. The Labute approximate surface area is 327 Å². The molecule has 5 atom stereocenters. The van der Waals surface area contributed by atoms with Gasteiger partial charge in [0, 0.05) is 37.2 Å². The molecule has 0 saturated carbocycles. The monoisotopic (exact) mass is 744 g/mol. The number of rotatable bonds is 2. The van der Waals surface area contributed by atoms with Crippen molar-refractivity contribution in [2.45, 2.75) is 34.6 Å². The van der Waals surface area contributed by atoms with Gasteiger partial charge < -0.3 is 9.80 Å². The van der Waals surface area contributed by atoms with Crippen molar-refractivity contribution in [1.82, 2.24) is 0 Å². The van der Waals surface area contributed by atoms with Crippen LogP contribution in [0.15, 0.2) is 186 Å². The Hall–Kier alpha value is -5.75. The van der Waals surface area contributed by atoms with Gasteiger partial charge in [-0.2, -0.15) is 0 Å². The lowest BCUT2D eigenvalue weighted by Gasteiger charge is -2.49. The molecule has 6 aromatic carbocycles. The standard InChI is InChI=1S/C50H36N2OS2/c1-31-14-2-8-20-40(31)52-41-21-9-6-18-37(41)50(38-19-7-10-22-42(38)52)36-17-5-3-16-34(36)48-39(50)27-28-44-49(48)55(53)47-25-13-11-23-43(47)51(44)32-26-29-46-35(30-32)33-15-4-12-24-45(33)54-46/h2-31,40,44,49H,1H3. The molecule has 12 rings (SSSR count). The molecule has 2 aliphatic heterocycles. The molecule has 0 bridgehead atoms. The molecule has 5 heteroatoms. The van der Waals surface area contributed by atoms with E-state index in [9.17, 15) is 0 Å². The molecule has 0 fully saturated rings. The summed E-state index contributed by atoms with van der Waals surface area (Å²) < 4.78 is 18.0. The first-order valence-corrected chi connectivity index (χ1v) is 21.2. The van der Waals surface area contributed by atoms with Gasteiger partial charge in [-0.15, -0.1) is 11.3 Å². The summed E-state index contributed by atoms with van der Waals surface area (Å²) in [7, 11) is -1.31. The van der Waals surface area contributed by atoms with Crippen molar-refractivity contribution in [3.05, 3.63) is 204 Å². The molecule has 264 valence electrons. The van der Waals surface area contributed by atoms with Crippen LogP contribution in [0.5, 0.6) is 0 Å². The van der Waals surface area contributed by atoms with Gasteiger partial charge in [-0.25, -0.2) is 0 Å². The molecule has 1 spiro atoms. The van der Waals surface area contributed by atoms with Crippen LogP contribution in [0.1, 0.15) is 29.2 Å². The summed E-state index contributed by atoms with van der Waals surface area (Å²) in [6.45, 7) is 2.32. The zero-order chi connectivity index (χ0) is 36.4. The van der Waals surface area contributed by atoms with Crippen LogP contribution in [0.2, 0.25) is 0 Å². The molecular weight excluding hydrogens is 709 g/mol. The van der Waals surface area contributed by atoms with Gasteiger partial charge in [-0.1, -0.05) is 134 Å². The minimum atomic E-state index is -1.31. The number of hydrogen-bond acceptors (Lipinski definition) is 4. The molecule has 5 aliphatic rings. The maximum Gasteiger partial charge on any atom is 0.0896 e. The lowest BCUT2D eigenvalue weighted by atomic mass is 9.63. The molecule has 5 unspecified atom stereocenters. The summed E-state index contributed by atoms with van der Waals surface area (Å²) in [6.07, 6.45) is 13.8. The Morgan fingerprint density at radius 2 is 1.25 bits per heavy atom. The van der Waals surface area contributed by atoms with E-state index >= 15 is 4.21 Å². The Bertz CT molecular complexity index is 2880. The minimum Gasteiger partial charge on any atom is -0.333 e. The summed E-state index contributed by atoms with van der Waals surface area (Å²) in [6, 6.07) is 51.0. The first kappa shape index (κ1) is 31.6. The van der Waals surface area contributed by atoms with Gasteiger partial charge in [0.2, 0.25) is 0 Å². The summed E-state index contributed by atoms with van der Waals surface area (Å²) >= 11 is 1.84. The highest BCUT2D eigenvalue weighted by Crippen LogP contribution is 2.65. The zero-order valence-electron chi connectivity index (χ0n) is 30.2. The Morgan fingerprint density at radius 1 is 0.600 bits per heavy atom. The molecule has 55 heavy (non-hydrogen) atoms. The van der Waals surface area contributed by atoms with Crippen molar-refractivity contribution in [3.63, 3.8) is 0 Å². The molecule has 3 nitrogen and oxygen atoms in total. The fourth-order valence-electron chi connectivity index (χ4n) is 10.5. The second kappa shape index (κ2) is 11.6. The molecule has 3 heterocycles. The summed E-state index contributed by atoms with van der Waals surface area (Å²) in [5.74, 6) is 0.336. The number of para-hydroxylation sites is 3. The van der Waals surface area contributed by atoms with E-state index in [0.29, 0.717) is 5.92 Å². The molecule has 7 aromatic rings. The topological polar surface area (TPSA) is 23.6 Å². The minimum absolute atomic E-state index is 0.148. The molecule has 1 aromatic heterocycles. The predicted octanol–water partition coefficient (Wildman–Crippen LogP) is 12.0. The van der Waals surface area contributed by atoms with Crippen molar-refractivity contribution in [2.24, 2.45) is 5.92 Å². The average molecular weight is 745 g/mol. The number of fused-ring (bicyclic) bond motifs is 14. The van der Waals surface area contributed by atoms with Crippen molar-refractivity contribution in [2.75, 3.05) is 9.80 Å². The summed E-state index contributed by atoms with van der Waals surface area (Å²) in [5, 5.41) is 2.26. The van der Waals surface area contributed by atoms with E-state index in [2.05, 4.69) is 187 Å². The predicted molar refractivity (Wildman–Crippen MR) is 231 cm³/mol. The number of allylic oxidation sites excluding steroid dienone is 4. The van der Waals surface area contributed by atoms with E-state index < -0.39 is 16.2 Å². The van der Waals surface area contributed by atoms with E-state index in [4.69, 9.17) is 0 Å². The highest BCUT2D eigenvalue weighted by atomic mass is 32.2. The lowest BCUT2D eigenvalue weighted by molar-refractivity contribution is 0.592. The van der Waals surface area contributed by atoms with Crippen LogP contribution in [0, 0.1) is 5.92 Å². The quantitative estimate of drug-likeness (QED) is 0.176. The maximum atomic E-state index is 15.4. The molecule has 3 aliphatic carbocycles. The first-order valence-electron chi connectivity index (χ1n) is 19.2. The number of thiophene rings is 1. The van der Waals surface area contributed by atoms with Gasteiger partial charge in [0.25, 0.3) is 0 Å².